The van der Waals surface area contributed by atoms with Crippen molar-refractivity contribution in [3.63, 3.8) is 0 Å². The van der Waals surface area contributed by atoms with Gasteiger partial charge in [0.15, 0.2) is 0 Å². The highest BCUT2D eigenvalue weighted by Crippen LogP contribution is 2.22. The maximum Gasteiger partial charge on any atom is 0.408 e. The Morgan fingerprint density at radius 1 is 0.956 bits per heavy atom. The Morgan fingerprint density at radius 2 is 1.71 bits per heavy atom. The van der Waals surface area contributed by atoms with E-state index in [1.165, 1.54) is 17.8 Å². The van der Waals surface area contributed by atoms with Gasteiger partial charge in [0.05, 0.1) is 5.75 Å². The summed E-state index contributed by atoms with van der Waals surface area (Å²) in [5.74, 6) is -0.742. The van der Waals surface area contributed by atoms with Crippen LogP contribution in [0.15, 0.2) is 84.9 Å². The first kappa shape index (κ1) is 34.8. The monoisotopic (exact) mass is 634 g/mol. The first-order valence-electron chi connectivity index (χ1n) is 14.7. The molecule has 0 bridgehead atoms. The highest BCUT2D eigenvalue weighted by atomic mass is 32.2. The molecule has 0 aliphatic heterocycles. The number of nitrogens with zero attached hydrogens (tertiary/aromatic N) is 1. The minimum absolute atomic E-state index is 0.0196. The van der Waals surface area contributed by atoms with Crippen LogP contribution < -0.4 is 27.0 Å². The molecule has 0 spiro atoms. The van der Waals surface area contributed by atoms with Gasteiger partial charge in [-0.05, 0) is 55.2 Å². The number of thioether (sulfide) groups is 1. The molecule has 12 heteroatoms. The van der Waals surface area contributed by atoms with Gasteiger partial charge >= 0.3 is 6.09 Å². The average Bonchev–Trinajstić information content (AvgIpc) is 3.35. The number of anilines is 1. The summed E-state index contributed by atoms with van der Waals surface area (Å²) in [5, 5.41) is 12.1. The van der Waals surface area contributed by atoms with Crippen LogP contribution in [0.2, 0.25) is 0 Å². The van der Waals surface area contributed by atoms with Crippen molar-refractivity contribution in [1.29, 1.82) is 0 Å². The van der Waals surface area contributed by atoms with Crippen LogP contribution in [0.4, 0.5) is 10.5 Å². The van der Waals surface area contributed by atoms with Crippen LogP contribution in [0.25, 0.3) is 10.9 Å². The SMILES string of the molecule is C=CCNC(=O)C(Cc1cn(C)c2ccccc12)NC(=O)C(CCCCNC(=O)CSc1ccc(N)cc1)NC(=O)OCC=C. The molecule has 1 heterocycles. The first-order chi connectivity index (χ1) is 21.7. The molecule has 0 radical (unpaired) electrons. The van der Waals surface area contributed by atoms with E-state index in [9.17, 15) is 19.2 Å². The fraction of sp³-hybridized carbons (Fsp3) is 0.333. The van der Waals surface area contributed by atoms with Crippen LogP contribution in [0.1, 0.15) is 24.8 Å². The predicted molar refractivity (Wildman–Crippen MR) is 179 cm³/mol. The second kappa shape index (κ2) is 18.2. The van der Waals surface area contributed by atoms with Gasteiger partial charge in [0.1, 0.15) is 18.7 Å². The number of carbonyl (C=O) groups is 4. The lowest BCUT2D eigenvalue weighted by molar-refractivity contribution is -0.130. The number of carbonyl (C=O) groups excluding carboxylic acids is 4. The van der Waals surface area contributed by atoms with Crippen molar-refractivity contribution in [2.75, 3.05) is 31.2 Å². The number of aryl methyl sites for hydroxylation is 1. The Bertz CT molecular complexity index is 1470. The molecule has 240 valence electrons. The number of fused-ring (bicyclic) bond motifs is 1. The number of hydrogen-bond acceptors (Lipinski definition) is 7. The van der Waals surface area contributed by atoms with Crippen LogP contribution in [-0.4, -0.2) is 65.9 Å². The number of nitrogens with one attached hydrogen (secondary N) is 4. The number of nitrogens with two attached hydrogens (primary N) is 1. The number of para-hydroxylation sites is 1. The zero-order valence-electron chi connectivity index (χ0n) is 25.6. The van der Waals surface area contributed by atoms with Gasteiger partial charge in [-0.1, -0.05) is 36.9 Å². The van der Waals surface area contributed by atoms with Gasteiger partial charge in [0, 0.05) is 54.2 Å². The first-order valence-corrected chi connectivity index (χ1v) is 15.7. The van der Waals surface area contributed by atoms with Crippen molar-refractivity contribution in [1.82, 2.24) is 25.8 Å². The van der Waals surface area contributed by atoms with Crippen molar-refractivity contribution in [2.45, 2.75) is 42.7 Å². The minimum atomic E-state index is -0.971. The van der Waals surface area contributed by atoms with Gasteiger partial charge in [0.2, 0.25) is 17.7 Å². The third-order valence-electron chi connectivity index (χ3n) is 6.89. The summed E-state index contributed by atoms with van der Waals surface area (Å²) >= 11 is 1.41. The smallest absolute Gasteiger partial charge is 0.408 e. The number of aromatic nitrogens is 1. The van der Waals surface area contributed by atoms with E-state index in [1.807, 2.05) is 54.2 Å². The van der Waals surface area contributed by atoms with Gasteiger partial charge in [-0.3, -0.25) is 14.4 Å². The number of alkyl carbamates (subject to hydrolysis) is 1. The molecular formula is C33H42N6O5S. The highest BCUT2D eigenvalue weighted by molar-refractivity contribution is 8.00. The van der Waals surface area contributed by atoms with E-state index in [1.54, 1.807) is 18.2 Å². The number of benzene rings is 2. The Hall–Kier alpha value is -4.71. The fourth-order valence-corrected chi connectivity index (χ4v) is 5.37. The molecule has 1 aromatic heterocycles. The number of ether oxygens (including phenoxy) is 1. The van der Waals surface area contributed by atoms with Crippen molar-refractivity contribution in [2.24, 2.45) is 7.05 Å². The molecule has 0 aliphatic rings. The molecule has 6 N–H and O–H groups in total. The van der Waals surface area contributed by atoms with Crippen LogP contribution in [0.3, 0.4) is 0 Å². The molecule has 45 heavy (non-hydrogen) atoms. The van der Waals surface area contributed by atoms with E-state index in [-0.39, 0.29) is 43.6 Å². The van der Waals surface area contributed by atoms with Gasteiger partial charge in [-0.25, -0.2) is 4.79 Å². The van der Waals surface area contributed by atoms with Crippen molar-refractivity contribution < 1.29 is 23.9 Å². The Kier molecular flexibility index (Phi) is 14.0. The summed E-state index contributed by atoms with van der Waals surface area (Å²) in [6.07, 6.45) is 5.74. The van der Waals surface area contributed by atoms with E-state index in [0.717, 1.165) is 21.4 Å². The standard InChI is InChI=1S/C33H42N6O5S/c1-4-17-36-31(41)28(20-23-21-39(3)29-12-7-6-10-26(23)29)37-32(42)27(38-33(43)44-19-5-2)11-8-9-18-35-30(40)22-45-25-15-13-24(34)14-16-25/h4-7,10,12-16,21,27-28H,1-2,8-9,11,17-20,22,34H2,3H3,(H,35,40)(H,36,41)(H,37,42)(H,38,43). The Labute approximate surface area is 268 Å². The lowest BCUT2D eigenvalue weighted by Crippen LogP contribution is -2.54. The fourth-order valence-electron chi connectivity index (χ4n) is 4.64. The molecule has 0 saturated carbocycles. The lowest BCUT2D eigenvalue weighted by atomic mass is 10.0. The summed E-state index contributed by atoms with van der Waals surface area (Å²) in [6.45, 7) is 7.80. The summed E-state index contributed by atoms with van der Waals surface area (Å²) in [7, 11) is 1.92. The molecule has 0 aliphatic carbocycles. The molecule has 3 aromatic rings. The van der Waals surface area contributed by atoms with Crippen LogP contribution in [0, 0.1) is 0 Å². The molecule has 0 fully saturated rings. The summed E-state index contributed by atoms with van der Waals surface area (Å²) in [4.78, 5) is 52.3. The van der Waals surface area contributed by atoms with Crippen molar-refractivity contribution in [3.05, 3.63) is 85.6 Å². The second-order valence-corrected chi connectivity index (χ2v) is 11.4. The molecule has 2 atom stereocenters. The van der Waals surface area contributed by atoms with Crippen molar-refractivity contribution in [3.8, 4) is 0 Å². The molecule has 2 unspecified atom stereocenters. The summed E-state index contributed by atoms with van der Waals surface area (Å²) in [5.41, 5.74) is 8.26. The minimum Gasteiger partial charge on any atom is -0.445 e. The van der Waals surface area contributed by atoms with Crippen LogP contribution >= 0.6 is 11.8 Å². The Balaban J connectivity index is 1.61. The summed E-state index contributed by atoms with van der Waals surface area (Å²) in [6, 6.07) is 13.2. The highest BCUT2D eigenvalue weighted by Gasteiger charge is 2.28. The largest absolute Gasteiger partial charge is 0.445 e. The van der Waals surface area contributed by atoms with E-state index >= 15 is 0 Å². The van der Waals surface area contributed by atoms with Crippen LogP contribution in [-0.2, 0) is 32.6 Å². The lowest BCUT2D eigenvalue weighted by Gasteiger charge is -2.23. The quantitative estimate of drug-likeness (QED) is 0.0621. The third-order valence-corrected chi connectivity index (χ3v) is 7.90. The van der Waals surface area contributed by atoms with Gasteiger partial charge in [-0.15, -0.1) is 18.3 Å². The van der Waals surface area contributed by atoms with Gasteiger partial charge < -0.3 is 36.3 Å². The van der Waals surface area contributed by atoms with E-state index in [2.05, 4.69) is 34.4 Å². The number of hydrogen-bond donors (Lipinski definition) is 5. The Morgan fingerprint density at radius 3 is 2.44 bits per heavy atom. The summed E-state index contributed by atoms with van der Waals surface area (Å²) < 4.78 is 7.02. The molecule has 2 aromatic carbocycles. The van der Waals surface area contributed by atoms with Crippen LogP contribution in [0.5, 0.6) is 0 Å². The second-order valence-electron chi connectivity index (χ2n) is 10.4. The molecule has 0 saturated heterocycles. The number of amides is 4. The number of unbranched alkanes of at least 4 members (excludes halogenated alkanes) is 1. The molecule has 4 amide bonds. The van der Waals surface area contributed by atoms with Gasteiger partial charge in [-0.2, -0.15) is 0 Å². The average molecular weight is 635 g/mol. The van der Waals surface area contributed by atoms with E-state index in [4.69, 9.17) is 10.5 Å². The van der Waals surface area contributed by atoms with E-state index in [0.29, 0.717) is 25.1 Å². The maximum atomic E-state index is 13.5. The number of rotatable bonds is 18. The van der Waals surface area contributed by atoms with Crippen molar-refractivity contribution >= 4 is 52.2 Å². The zero-order valence-corrected chi connectivity index (χ0v) is 26.4. The van der Waals surface area contributed by atoms with Gasteiger partial charge in [0.25, 0.3) is 0 Å². The molecule has 3 rings (SSSR count). The van der Waals surface area contributed by atoms with E-state index < -0.39 is 24.1 Å². The normalized spacial score (nSPS) is 12.0. The topological polar surface area (TPSA) is 157 Å². The molecular weight excluding hydrogens is 592 g/mol. The predicted octanol–water partition coefficient (Wildman–Crippen LogP) is 3.45. The number of nitrogen functional groups attached to an aromatic ring is 1. The third kappa shape index (κ3) is 11.4. The molecule has 11 nitrogen and oxygen atoms in total. The zero-order chi connectivity index (χ0) is 32.6. The maximum absolute atomic E-state index is 13.5.